The predicted molar refractivity (Wildman–Crippen MR) is 79.5 cm³/mol. The zero-order valence-electron chi connectivity index (χ0n) is 11.1. The van der Waals surface area contributed by atoms with Crippen LogP contribution in [0.1, 0.15) is 17.2 Å². The molecule has 1 N–H and O–H groups in total. The lowest BCUT2D eigenvalue weighted by Crippen LogP contribution is -2.49. The van der Waals surface area contributed by atoms with E-state index >= 15 is 0 Å². The molecule has 0 aromatic heterocycles. The lowest BCUT2D eigenvalue weighted by Gasteiger charge is -2.26. The molecule has 3 rings (SSSR count). The van der Waals surface area contributed by atoms with E-state index < -0.39 is 0 Å². The van der Waals surface area contributed by atoms with Gasteiger partial charge in [-0.05, 0) is 0 Å². The minimum Gasteiger partial charge on any atom is -0.306 e. The minimum absolute atomic E-state index is 0.379. The largest absolute Gasteiger partial charge is 0.306 e. The SMILES string of the molecule is c1ccc(C(c2ccccc2)[N+]2CCNCC2)cc1. The molecule has 1 saturated heterocycles. The monoisotopic (exact) mass is 252 g/mol. The highest BCUT2D eigenvalue weighted by Gasteiger charge is 2.32. The summed E-state index contributed by atoms with van der Waals surface area (Å²) in [5, 5.41) is 3.43. The van der Waals surface area contributed by atoms with Crippen LogP contribution in [0.4, 0.5) is 0 Å². The Morgan fingerprint density at radius 2 is 1.21 bits per heavy atom. The lowest BCUT2D eigenvalue weighted by atomic mass is 9.96. The van der Waals surface area contributed by atoms with Crippen molar-refractivity contribution in [3.05, 3.63) is 71.8 Å². The number of nitrogens with zero attached hydrogens (tertiary/aromatic N) is 1. The van der Waals surface area contributed by atoms with Crippen LogP contribution in [-0.4, -0.2) is 26.2 Å². The average Bonchev–Trinajstić information content (AvgIpc) is 2.51. The molecule has 0 amide bonds. The van der Waals surface area contributed by atoms with Gasteiger partial charge in [-0.25, -0.2) is 0 Å². The molecule has 1 aliphatic heterocycles. The summed E-state index contributed by atoms with van der Waals surface area (Å²) in [6.45, 7) is 4.37. The van der Waals surface area contributed by atoms with E-state index in [1.165, 1.54) is 11.1 Å². The van der Waals surface area contributed by atoms with Crippen molar-refractivity contribution in [3.63, 3.8) is 0 Å². The Hall–Kier alpha value is -1.64. The maximum atomic E-state index is 3.43. The maximum absolute atomic E-state index is 3.43. The summed E-state index contributed by atoms with van der Waals surface area (Å²) >= 11 is 0. The van der Waals surface area contributed by atoms with Gasteiger partial charge < -0.3 is 5.32 Å². The predicted octanol–water partition coefficient (Wildman–Crippen LogP) is 2.52. The smallest absolute Gasteiger partial charge is 0.183 e. The quantitative estimate of drug-likeness (QED) is 0.831. The summed E-state index contributed by atoms with van der Waals surface area (Å²) < 4.78 is 0. The third kappa shape index (κ3) is 2.86. The summed E-state index contributed by atoms with van der Waals surface area (Å²) in [5.74, 6) is 0. The lowest BCUT2D eigenvalue weighted by molar-refractivity contribution is 0.313. The number of hydrogen-bond acceptors (Lipinski definition) is 2. The van der Waals surface area contributed by atoms with Crippen molar-refractivity contribution in [2.45, 2.75) is 6.04 Å². The highest BCUT2D eigenvalue weighted by atomic mass is 15.2. The second kappa shape index (κ2) is 6.00. The van der Waals surface area contributed by atoms with Crippen molar-refractivity contribution in [3.8, 4) is 0 Å². The van der Waals surface area contributed by atoms with Crippen molar-refractivity contribution in [2.75, 3.05) is 26.2 Å². The molecular formula is C17H20N2+. The second-order valence-corrected chi connectivity index (χ2v) is 5.01. The van der Waals surface area contributed by atoms with E-state index in [1.54, 1.807) is 0 Å². The first-order chi connectivity index (χ1) is 9.45. The molecular weight excluding hydrogens is 232 g/mol. The van der Waals surface area contributed by atoms with Gasteiger partial charge in [0, 0.05) is 24.2 Å². The molecule has 0 atom stereocenters. The third-order valence-electron chi connectivity index (χ3n) is 3.75. The normalized spacial score (nSPS) is 16.7. The van der Waals surface area contributed by atoms with E-state index in [0.29, 0.717) is 6.04 Å². The van der Waals surface area contributed by atoms with Crippen LogP contribution in [0.5, 0.6) is 0 Å². The van der Waals surface area contributed by atoms with Crippen LogP contribution >= 0.6 is 0 Å². The van der Waals surface area contributed by atoms with Crippen LogP contribution in [0.25, 0.3) is 0 Å². The number of rotatable bonds is 3. The Labute approximate surface area is 115 Å². The zero-order chi connectivity index (χ0) is 12.9. The van der Waals surface area contributed by atoms with E-state index in [1.807, 2.05) is 0 Å². The second-order valence-electron chi connectivity index (χ2n) is 5.01. The van der Waals surface area contributed by atoms with E-state index in [0.717, 1.165) is 26.2 Å². The fourth-order valence-corrected chi connectivity index (χ4v) is 2.83. The summed E-state index contributed by atoms with van der Waals surface area (Å²) in [4.78, 5) is 2.57. The van der Waals surface area contributed by atoms with Gasteiger partial charge in [-0.2, -0.15) is 4.90 Å². The molecule has 0 aliphatic carbocycles. The van der Waals surface area contributed by atoms with E-state index in [2.05, 4.69) is 70.9 Å². The van der Waals surface area contributed by atoms with Gasteiger partial charge in [0.1, 0.15) is 13.1 Å². The Kier molecular flexibility index (Phi) is 3.92. The van der Waals surface area contributed by atoms with Crippen LogP contribution in [0.3, 0.4) is 0 Å². The summed E-state index contributed by atoms with van der Waals surface area (Å²) in [6.07, 6.45) is 0. The molecule has 1 aliphatic rings. The Morgan fingerprint density at radius 1 is 0.737 bits per heavy atom. The van der Waals surface area contributed by atoms with Gasteiger partial charge in [0.25, 0.3) is 0 Å². The third-order valence-corrected chi connectivity index (χ3v) is 3.75. The Balaban J connectivity index is 1.96. The Bertz CT molecular complexity index is 450. The maximum Gasteiger partial charge on any atom is 0.183 e. The molecule has 1 radical (unpaired) electrons. The first-order valence-electron chi connectivity index (χ1n) is 7.00. The first-order valence-corrected chi connectivity index (χ1v) is 7.00. The van der Waals surface area contributed by atoms with Crippen LogP contribution in [0, 0.1) is 0 Å². The zero-order valence-corrected chi connectivity index (χ0v) is 11.1. The van der Waals surface area contributed by atoms with E-state index in [4.69, 9.17) is 0 Å². The molecule has 0 saturated carbocycles. The molecule has 2 aromatic carbocycles. The summed E-state index contributed by atoms with van der Waals surface area (Å²) in [5.41, 5.74) is 2.77. The molecule has 2 heteroatoms. The minimum atomic E-state index is 0.379. The molecule has 19 heavy (non-hydrogen) atoms. The van der Waals surface area contributed by atoms with E-state index in [9.17, 15) is 0 Å². The van der Waals surface area contributed by atoms with Gasteiger partial charge in [-0.3, -0.25) is 0 Å². The van der Waals surface area contributed by atoms with Gasteiger partial charge in [0.05, 0.1) is 0 Å². The van der Waals surface area contributed by atoms with Gasteiger partial charge in [-0.15, -0.1) is 0 Å². The molecule has 0 spiro atoms. The highest BCUT2D eigenvalue weighted by Crippen LogP contribution is 2.26. The fourth-order valence-electron chi connectivity index (χ4n) is 2.83. The van der Waals surface area contributed by atoms with Crippen LogP contribution in [0.15, 0.2) is 60.7 Å². The van der Waals surface area contributed by atoms with Crippen molar-refractivity contribution in [2.24, 2.45) is 0 Å². The summed E-state index contributed by atoms with van der Waals surface area (Å²) in [7, 11) is 0. The first kappa shape index (κ1) is 12.4. The molecule has 2 nitrogen and oxygen atoms in total. The van der Waals surface area contributed by atoms with Gasteiger partial charge in [0.2, 0.25) is 0 Å². The van der Waals surface area contributed by atoms with E-state index in [-0.39, 0.29) is 0 Å². The molecule has 0 unspecified atom stereocenters. The number of hydrogen-bond donors (Lipinski definition) is 1. The van der Waals surface area contributed by atoms with Crippen LogP contribution in [-0.2, 0) is 0 Å². The van der Waals surface area contributed by atoms with Gasteiger partial charge in [-0.1, -0.05) is 60.7 Å². The Morgan fingerprint density at radius 3 is 1.68 bits per heavy atom. The average molecular weight is 252 g/mol. The van der Waals surface area contributed by atoms with Crippen molar-refractivity contribution < 1.29 is 0 Å². The topological polar surface area (TPSA) is 17.9 Å². The molecule has 1 heterocycles. The van der Waals surface area contributed by atoms with Crippen molar-refractivity contribution >= 4 is 0 Å². The number of benzene rings is 2. The molecule has 1 fully saturated rings. The number of nitrogens with one attached hydrogen (secondary N) is 1. The fraction of sp³-hybridized carbons (Fsp3) is 0.294. The summed E-state index contributed by atoms with van der Waals surface area (Å²) in [6, 6.07) is 22.0. The molecule has 97 valence electrons. The number of piperazine rings is 1. The highest BCUT2D eigenvalue weighted by molar-refractivity contribution is 5.32. The van der Waals surface area contributed by atoms with Crippen LogP contribution < -0.4 is 10.2 Å². The van der Waals surface area contributed by atoms with Gasteiger partial charge >= 0.3 is 0 Å². The van der Waals surface area contributed by atoms with Crippen LogP contribution in [0.2, 0.25) is 0 Å². The van der Waals surface area contributed by atoms with Crippen molar-refractivity contribution in [1.82, 2.24) is 10.2 Å². The van der Waals surface area contributed by atoms with Crippen molar-refractivity contribution in [1.29, 1.82) is 0 Å². The molecule has 0 bridgehead atoms. The molecule has 2 aromatic rings. The standard InChI is InChI=1S/C17H20N2/c1-3-7-15(8-4-1)17(16-9-5-2-6-10-16)19-13-11-18-12-14-19/h1-10,17-18H,11-14H2/q+1. The van der Waals surface area contributed by atoms with Gasteiger partial charge in [0.15, 0.2) is 6.04 Å².